The van der Waals surface area contributed by atoms with Crippen LogP contribution in [-0.4, -0.2) is 9.55 Å². The Balaban J connectivity index is 1.07. The fourth-order valence-corrected chi connectivity index (χ4v) is 11.5. The maximum absolute atomic E-state index is 15.0. The quantitative estimate of drug-likeness (QED) is 0.119. The molecule has 59 heavy (non-hydrogen) atoms. The number of benzene rings is 9. The van der Waals surface area contributed by atoms with Gasteiger partial charge in [0.25, 0.3) is 0 Å². The minimum atomic E-state index is -3.07. The summed E-state index contributed by atoms with van der Waals surface area (Å²) in [5.74, 6) is 0. The Morgan fingerprint density at radius 3 is 1.58 bits per heavy atom. The number of para-hydroxylation sites is 2. The van der Waals surface area contributed by atoms with E-state index < -0.39 is 7.14 Å². The second-order valence-corrected chi connectivity index (χ2v) is 17.8. The van der Waals surface area contributed by atoms with Gasteiger partial charge < -0.3 is 9.13 Å². The van der Waals surface area contributed by atoms with E-state index in [4.69, 9.17) is 4.98 Å². The number of hydrogen-bond acceptors (Lipinski definition) is 2. The van der Waals surface area contributed by atoms with Crippen LogP contribution in [0.25, 0.3) is 82.7 Å². The minimum Gasteiger partial charge on any atom is -0.309 e. The highest BCUT2D eigenvalue weighted by molar-refractivity contribution is 7.85. The van der Waals surface area contributed by atoms with E-state index in [-0.39, 0.29) is 0 Å². The van der Waals surface area contributed by atoms with Crippen LogP contribution in [0.15, 0.2) is 224 Å². The zero-order valence-corrected chi connectivity index (χ0v) is 33.0. The Morgan fingerprint density at radius 2 is 0.881 bits per heavy atom. The van der Waals surface area contributed by atoms with Gasteiger partial charge in [-0.3, -0.25) is 0 Å². The number of rotatable bonds is 7. The summed E-state index contributed by atoms with van der Waals surface area (Å²) in [5, 5.41) is 8.41. The first-order valence-electron chi connectivity index (χ1n) is 20.0. The molecule has 9 aromatic carbocycles. The van der Waals surface area contributed by atoms with E-state index in [1.54, 1.807) is 0 Å². The summed E-state index contributed by atoms with van der Waals surface area (Å²) < 4.78 is 17.4. The lowest BCUT2D eigenvalue weighted by molar-refractivity contribution is 0.592. The molecule has 0 spiro atoms. The molecule has 2 aromatic heterocycles. The molecule has 0 atom stereocenters. The fourth-order valence-electron chi connectivity index (χ4n) is 8.86. The van der Waals surface area contributed by atoms with Gasteiger partial charge in [0.05, 0.1) is 22.2 Å². The molecule has 278 valence electrons. The van der Waals surface area contributed by atoms with Gasteiger partial charge >= 0.3 is 0 Å². The van der Waals surface area contributed by atoms with Gasteiger partial charge in [-0.05, 0) is 58.7 Å². The van der Waals surface area contributed by atoms with Gasteiger partial charge in [0.2, 0.25) is 0 Å². The van der Waals surface area contributed by atoms with Crippen LogP contribution in [0.4, 0.5) is 0 Å². The van der Waals surface area contributed by atoms with Crippen molar-refractivity contribution in [2.45, 2.75) is 0 Å². The SMILES string of the molecule is O=P(c1ccccc1)(c1ccccc1)c1ccc(-c2cccc(-c3ccc4c5c6c(ccc5n(-c5ccccc5)c4c3)c(-c3ccccc3)nc3ccccc36)c2)cc1. The molecule has 4 heteroatoms. The maximum Gasteiger partial charge on any atom is 0.171 e. The molecule has 0 saturated carbocycles. The van der Waals surface area contributed by atoms with Crippen LogP contribution in [0.2, 0.25) is 0 Å². The van der Waals surface area contributed by atoms with Crippen LogP contribution in [0.1, 0.15) is 0 Å². The summed E-state index contributed by atoms with van der Waals surface area (Å²) in [5.41, 5.74) is 10.9. The molecule has 0 bridgehead atoms. The third kappa shape index (κ3) is 5.82. The van der Waals surface area contributed by atoms with Crippen LogP contribution in [0.5, 0.6) is 0 Å². The molecule has 11 aromatic rings. The smallest absolute Gasteiger partial charge is 0.171 e. The highest BCUT2D eigenvalue weighted by Gasteiger charge is 2.29. The van der Waals surface area contributed by atoms with E-state index in [9.17, 15) is 0 Å². The zero-order valence-electron chi connectivity index (χ0n) is 32.1. The van der Waals surface area contributed by atoms with Crippen LogP contribution in [0.3, 0.4) is 0 Å². The van der Waals surface area contributed by atoms with Crippen molar-refractivity contribution in [1.29, 1.82) is 0 Å². The normalized spacial score (nSPS) is 11.8. The molecule has 11 rings (SSSR count). The highest BCUT2D eigenvalue weighted by Crippen LogP contribution is 2.45. The van der Waals surface area contributed by atoms with Gasteiger partial charge in [0.1, 0.15) is 0 Å². The molecule has 0 fully saturated rings. The summed E-state index contributed by atoms with van der Waals surface area (Å²) >= 11 is 0. The van der Waals surface area contributed by atoms with Crippen molar-refractivity contribution in [3.8, 4) is 39.2 Å². The van der Waals surface area contributed by atoms with Crippen molar-refractivity contribution in [1.82, 2.24) is 9.55 Å². The van der Waals surface area contributed by atoms with Gasteiger partial charge in [0.15, 0.2) is 7.14 Å². The Bertz CT molecular complexity index is 3340. The molecular formula is C55H37N2OP. The fraction of sp³-hybridized carbons (Fsp3) is 0. The van der Waals surface area contributed by atoms with E-state index in [0.29, 0.717) is 0 Å². The summed E-state index contributed by atoms with van der Waals surface area (Å²) in [6, 6.07) is 77.9. The molecule has 0 saturated heterocycles. The average molecular weight is 773 g/mol. The molecule has 0 N–H and O–H groups in total. The van der Waals surface area contributed by atoms with Crippen LogP contribution < -0.4 is 15.9 Å². The number of hydrogen-bond donors (Lipinski definition) is 0. The summed E-state index contributed by atoms with van der Waals surface area (Å²) in [6.07, 6.45) is 0. The minimum absolute atomic E-state index is 0.820. The van der Waals surface area contributed by atoms with E-state index in [1.165, 1.54) is 16.2 Å². The van der Waals surface area contributed by atoms with Crippen LogP contribution >= 0.6 is 7.14 Å². The molecule has 0 unspecified atom stereocenters. The van der Waals surface area contributed by atoms with E-state index in [1.807, 2.05) is 72.8 Å². The Labute approximate surface area is 342 Å². The Hall–Kier alpha value is -7.32. The predicted molar refractivity (Wildman–Crippen MR) is 249 cm³/mol. The first-order chi connectivity index (χ1) is 29.1. The monoisotopic (exact) mass is 772 g/mol. The zero-order chi connectivity index (χ0) is 39.3. The first kappa shape index (κ1) is 34.9. The first-order valence-corrected chi connectivity index (χ1v) is 21.7. The number of fused-ring (bicyclic) bond motifs is 7. The number of nitrogens with zero attached hydrogens (tertiary/aromatic N) is 2. The molecule has 2 heterocycles. The van der Waals surface area contributed by atoms with Gasteiger partial charge in [-0.25, -0.2) is 4.98 Å². The van der Waals surface area contributed by atoms with Crippen molar-refractivity contribution in [2.75, 3.05) is 0 Å². The van der Waals surface area contributed by atoms with Crippen LogP contribution in [0, 0.1) is 0 Å². The molecule has 0 aliphatic rings. The van der Waals surface area contributed by atoms with Crippen molar-refractivity contribution < 1.29 is 4.57 Å². The van der Waals surface area contributed by atoms with Gasteiger partial charge in [-0.1, -0.05) is 188 Å². The second-order valence-electron chi connectivity index (χ2n) is 15.0. The Kier molecular flexibility index (Phi) is 8.43. The van der Waals surface area contributed by atoms with Gasteiger partial charge in [-0.2, -0.15) is 0 Å². The average Bonchev–Trinajstić information content (AvgIpc) is 3.66. The number of pyridine rings is 1. The largest absolute Gasteiger partial charge is 0.309 e. The molecule has 3 nitrogen and oxygen atoms in total. The summed E-state index contributed by atoms with van der Waals surface area (Å²) in [4.78, 5) is 5.24. The predicted octanol–water partition coefficient (Wildman–Crippen LogP) is 13.1. The lowest BCUT2D eigenvalue weighted by Gasteiger charge is -2.20. The van der Waals surface area contributed by atoms with E-state index in [2.05, 4.69) is 156 Å². The maximum atomic E-state index is 15.0. The van der Waals surface area contributed by atoms with Crippen molar-refractivity contribution in [3.05, 3.63) is 224 Å². The lowest BCUT2D eigenvalue weighted by Crippen LogP contribution is -2.24. The van der Waals surface area contributed by atoms with Crippen molar-refractivity contribution in [2.24, 2.45) is 0 Å². The molecule has 0 aliphatic heterocycles. The standard InChI is InChI=1S/C55H37N2OP/c58-59(44-22-9-3-10-23-44,45-24-11-4-12-25-45)46-31-28-38(29-32-46)40-18-15-19-41(36-40)42-30-33-48-52(37-42)57(43-20-7-2-8-21-43)51-35-34-49-53(54(48)51)47-26-13-14-27-50(47)56-55(49)39-16-5-1-6-17-39/h1-37H. The van der Waals surface area contributed by atoms with Crippen molar-refractivity contribution in [3.63, 3.8) is 0 Å². The number of aromatic nitrogens is 2. The van der Waals surface area contributed by atoms with E-state index >= 15 is 4.57 Å². The Morgan fingerprint density at radius 1 is 0.356 bits per heavy atom. The third-order valence-electron chi connectivity index (χ3n) is 11.7. The molecular weight excluding hydrogens is 736 g/mol. The summed E-state index contributed by atoms with van der Waals surface area (Å²) in [7, 11) is -3.07. The molecule has 0 amide bonds. The second kappa shape index (κ2) is 14.3. The van der Waals surface area contributed by atoms with E-state index in [0.717, 1.165) is 82.4 Å². The lowest BCUT2D eigenvalue weighted by atomic mass is 9.95. The van der Waals surface area contributed by atoms with Crippen molar-refractivity contribution >= 4 is 66.5 Å². The van der Waals surface area contributed by atoms with Crippen LogP contribution in [-0.2, 0) is 4.57 Å². The molecule has 0 aliphatic carbocycles. The summed E-state index contributed by atoms with van der Waals surface area (Å²) in [6.45, 7) is 0. The highest BCUT2D eigenvalue weighted by atomic mass is 31.2. The third-order valence-corrected chi connectivity index (χ3v) is 14.7. The van der Waals surface area contributed by atoms with Gasteiger partial charge in [0, 0.05) is 54.1 Å². The van der Waals surface area contributed by atoms with Gasteiger partial charge in [-0.15, -0.1) is 0 Å². The topological polar surface area (TPSA) is 34.9 Å². The molecule has 0 radical (unpaired) electrons.